The summed E-state index contributed by atoms with van der Waals surface area (Å²) in [6.07, 6.45) is 4.44. The van der Waals surface area contributed by atoms with Crippen molar-refractivity contribution in [1.29, 1.82) is 0 Å². The maximum atomic E-state index is 13.6. The van der Waals surface area contributed by atoms with Crippen LogP contribution in [0.3, 0.4) is 0 Å². The van der Waals surface area contributed by atoms with Crippen LogP contribution < -0.4 is 0 Å². The van der Waals surface area contributed by atoms with E-state index in [9.17, 15) is 4.39 Å². The summed E-state index contributed by atoms with van der Waals surface area (Å²) >= 11 is 0. The van der Waals surface area contributed by atoms with Crippen molar-refractivity contribution in [3.8, 4) is 0 Å². The van der Waals surface area contributed by atoms with E-state index in [0.29, 0.717) is 0 Å². The van der Waals surface area contributed by atoms with Crippen LogP contribution in [0.2, 0.25) is 0 Å². The fourth-order valence-corrected chi connectivity index (χ4v) is 2.59. The van der Waals surface area contributed by atoms with Gasteiger partial charge in [0.15, 0.2) is 0 Å². The Hall–Kier alpha value is -2.48. The predicted octanol–water partition coefficient (Wildman–Crippen LogP) is 4.60. The summed E-state index contributed by atoms with van der Waals surface area (Å²) in [6, 6.07) is 21.1. The van der Waals surface area contributed by atoms with Gasteiger partial charge in [-0.05, 0) is 41.3 Å². The molecule has 0 N–H and O–H groups in total. The molecule has 104 valence electrons. The Morgan fingerprint density at radius 3 is 2.38 bits per heavy atom. The van der Waals surface area contributed by atoms with Crippen LogP contribution >= 0.6 is 0 Å². The van der Waals surface area contributed by atoms with Gasteiger partial charge in [0.2, 0.25) is 0 Å². The van der Waals surface area contributed by atoms with Crippen molar-refractivity contribution in [2.24, 2.45) is 0 Å². The molecule has 0 radical (unpaired) electrons. The average Bonchev–Trinajstić information content (AvgIpc) is 2.54. The third kappa shape index (κ3) is 3.34. The summed E-state index contributed by atoms with van der Waals surface area (Å²) in [7, 11) is 0. The highest BCUT2D eigenvalue weighted by Gasteiger charge is 2.15. The zero-order valence-corrected chi connectivity index (χ0v) is 11.6. The van der Waals surface area contributed by atoms with Crippen molar-refractivity contribution in [3.05, 3.63) is 102 Å². The standard InChI is InChI=1S/C19H16FN/c20-18-10-4-9-17(13-18)19(16-7-2-1-3-8-16)12-15-6-5-11-21-14-15/h1-11,13-14,19H,12H2. The van der Waals surface area contributed by atoms with Crippen molar-refractivity contribution in [3.63, 3.8) is 0 Å². The summed E-state index contributed by atoms with van der Waals surface area (Å²) in [5.74, 6) is -0.0642. The zero-order valence-electron chi connectivity index (χ0n) is 11.6. The minimum Gasteiger partial charge on any atom is -0.264 e. The molecule has 0 saturated heterocycles. The molecule has 1 aromatic heterocycles. The molecule has 3 rings (SSSR count). The molecular formula is C19H16FN. The first kappa shape index (κ1) is 13.5. The van der Waals surface area contributed by atoms with E-state index in [-0.39, 0.29) is 11.7 Å². The first-order valence-electron chi connectivity index (χ1n) is 7.02. The highest BCUT2D eigenvalue weighted by atomic mass is 19.1. The highest BCUT2D eigenvalue weighted by molar-refractivity contribution is 5.34. The lowest BCUT2D eigenvalue weighted by molar-refractivity contribution is 0.622. The zero-order chi connectivity index (χ0) is 14.5. The second kappa shape index (κ2) is 6.31. The number of hydrogen-bond donors (Lipinski definition) is 0. The van der Waals surface area contributed by atoms with E-state index in [2.05, 4.69) is 23.2 Å². The van der Waals surface area contributed by atoms with Gasteiger partial charge in [-0.15, -0.1) is 0 Å². The largest absolute Gasteiger partial charge is 0.264 e. The monoisotopic (exact) mass is 277 g/mol. The van der Waals surface area contributed by atoms with Gasteiger partial charge in [0, 0.05) is 18.3 Å². The second-order valence-corrected chi connectivity index (χ2v) is 5.08. The Labute approximate surface area is 124 Å². The number of rotatable bonds is 4. The number of halogens is 1. The van der Waals surface area contributed by atoms with Crippen molar-refractivity contribution >= 4 is 0 Å². The normalized spacial score (nSPS) is 12.0. The number of hydrogen-bond acceptors (Lipinski definition) is 1. The van der Waals surface area contributed by atoms with Gasteiger partial charge in [0.1, 0.15) is 5.82 Å². The van der Waals surface area contributed by atoms with Gasteiger partial charge in [-0.3, -0.25) is 4.98 Å². The van der Waals surface area contributed by atoms with Crippen LogP contribution in [0.15, 0.2) is 79.1 Å². The van der Waals surface area contributed by atoms with Gasteiger partial charge in [0.25, 0.3) is 0 Å². The first-order valence-corrected chi connectivity index (χ1v) is 7.02. The molecule has 1 atom stereocenters. The van der Waals surface area contributed by atoms with Gasteiger partial charge in [-0.2, -0.15) is 0 Å². The minimum absolute atomic E-state index is 0.131. The molecule has 2 aromatic carbocycles. The smallest absolute Gasteiger partial charge is 0.123 e. The van der Waals surface area contributed by atoms with Crippen molar-refractivity contribution < 1.29 is 4.39 Å². The Morgan fingerprint density at radius 1 is 0.857 bits per heavy atom. The molecule has 0 aliphatic rings. The molecule has 1 nitrogen and oxygen atoms in total. The van der Waals surface area contributed by atoms with Crippen molar-refractivity contribution in [1.82, 2.24) is 4.98 Å². The quantitative estimate of drug-likeness (QED) is 0.679. The van der Waals surface area contributed by atoms with E-state index in [1.165, 1.54) is 11.6 Å². The fraction of sp³-hybridized carbons (Fsp3) is 0.105. The summed E-state index contributed by atoms with van der Waals surface area (Å²) in [4.78, 5) is 4.17. The molecule has 0 fully saturated rings. The van der Waals surface area contributed by atoms with Gasteiger partial charge < -0.3 is 0 Å². The number of pyridine rings is 1. The first-order chi connectivity index (χ1) is 10.3. The van der Waals surface area contributed by atoms with Gasteiger partial charge in [0.05, 0.1) is 0 Å². The topological polar surface area (TPSA) is 12.9 Å². The van der Waals surface area contributed by atoms with Gasteiger partial charge >= 0.3 is 0 Å². The lowest BCUT2D eigenvalue weighted by Crippen LogP contribution is -2.05. The van der Waals surface area contributed by atoms with Crippen LogP contribution in [-0.2, 0) is 6.42 Å². The fourth-order valence-electron chi connectivity index (χ4n) is 2.59. The Balaban J connectivity index is 1.99. The van der Waals surface area contributed by atoms with Crippen LogP contribution in [0.25, 0.3) is 0 Å². The Bertz CT molecular complexity index is 695. The van der Waals surface area contributed by atoms with Crippen LogP contribution in [-0.4, -0.2) is 4.98 Å². The van der Waals surface area contributed by atoms with E-state index in [1.807, 2.05) is 36.5 Å². The van der Waals surface area contributed by atoms with Gasteiger partial charge in [-0.25, -0.2) is 4.39 Å². The number of aromatic nitrogens is 1. The van der Waals surface area contributed by atoms with Crippen molar-refractivity contribution in [2.75, 3.05) is 0 Å². The van der Waals surface area contributed by atoms with Gasteiger partial charge in [-0.1, -0.05) is 48.5 Å². The molecule has 1 unspecified atom stereocenters. The van der Waals surface area contributed by atoms with Crippen LogP contribution in [0.4, 0.5) is 4.39 Å². The molecular weight excluding hydrogens is 261 g/mol. The summed E-state index contributed by atoms with van der Waals surface area (Å²) in [6.45, 7) is 0. The predicted molar refractivity (Wildman–Crippen MR) is 82.6 cm³/mol. The highest BCUT2D eigenvalue weighted by Crippen LogP contribution is 2.28. The summed E-state index contributed by atoms with van der Waals surface area (Å²) < 4.78 is 13.6. The SMILES string of the molecule is Fc1cccc(C(Cc2cccnc2)c2ccccc2)c1. The molecule has 0 spiro atoms. The third-order valence-corrected chi connectivity index (χ3v) is 3.62. The lowest BCUT2D eigenvalue weighted by atomic mass is 9.86. The summed E-state index contributed by atoms with van der Waals surface area (Å²) in [5, 5.41) is 0. The van der Waals surface area contributed by atoms with E-state index < -0.39 is 0 Å². The summed E-state index contributed by atoms with van der Waals surface area (Å²) in [5.41, 5.74) is 3.33. The maximum Gasteiger partial charge on any atom is 0.123 e. The molecule has 2 heteroatoms. The van der Waals surface area contributed by atoms with E-state index in [0.717, 1.165) is 17.5 Å². The van der Waals surface area contributed by atoms with E-state index >= 15 is 0 Å². The molecule has 0 amide bonds. The molecule has 3 aromatic rings. The number of nitrogens with zero attached hydrogens (tertiary/aromatic N) is 1. The molecule has 0 bridgehead atoms. The van der Waals surface area contributed by atoms with E-state index in [4.69, 9.17) is 0 Å². The van der Waals surface area contributed by atoms with Crippen LogP contribution in [0.1, 0.15) is 22.6 Å². The molecule has 0 saturated carbocycles. The molecule has 1 heterocycles. The number of benzene rings is 2. The van der Waals surface area contributed by atoms with E-state index in [1.54, 1.807) is 18.3 Å². The van der Waals surface area contributed by atoms with Crippen LogP contribution in [0.5, 0.6) is 0 Å². The molecule has 21 heavy (non-hydrogen) atoms. The molecule has 0 aliphatic carbocycles. The third-order valence-electron chi connectivity index (χ3n) is 3.62. The average molecular weight is 277 g/mol. The lowest BCUT2D eigenvalue weighted by Gasteiger charge is -2.18. The van der Waals surface area contributed by atoms with Crippen molar-refractivity contribution in [2.45, 2.75) is 12.3 Å². The van der Waals surface area contributed by atoms with Crippen LogP contribution in [0, 0.1) is 5.82 Å². The Kier molecular flexibility index (Phi) is 4.06. The Morgan fingerprint density at radius 2 is 1.67 bits per heavy atom. The molecule has 0 aliphatic heterocycles. The maximum absolute atomic E-state index is 13.6. The minimum atomic E-state index is -0.195. The second-order valence-electron chi connectivity index (χ2n) is 5.08.